The predicted molar refractivity (Wildman–Crippen MR) is 212 cm³/mol. The van der Waals surface area contributed by atoms with Gasteiger partial charge in [0, 0.05) is 12.1 Å². The van der Waals surface area contributed by atoms with Crippen LogP contribution in [0.15, 0.2) is 133 Å². The summed E-state index contributed by atoms with van der Waals surface area (Å²) in [7, 11) is -1.20. The van der Waals surface area contributed by atoms with Crippen molar-refractivity contribution < 1.29 is 41.4 Å². The number of para-hydroxylation sites is 4. The summed E-state index contributed by atoms with van der Waals surface area (Å²) in [5, 5.41) is 0. The first-order valence-electron chi connectivity index (χ1n) is 17.0. The molecular formula is C43H40O9P2. The van der Waals surface area contributed by atoms with Gasteiger partial charge in [0.15, 0.2) is 0 Å². The molecule has 0 unspecified atom stereocenters. The summed E-state index contributed by atoms with van der Waals surface area (Å²) in [4.78, 5) is 14.7. The van der Waals surface area contributed by atoms with Crippen molar-refractivity contribution in [1.29, 1.82) is 0 Å². The van der Waals surface area contributed by atoms with E-state index in [0.717, 1.165) is 22.3 Å². The zero-order chi connectivity index (χ0) is 38.0. The quantitative estimate of drug-likeness (QED) is 0.0706. The van der Waals surface area contributed by atoms with Gasteiger partial charge in [-0.1, -0.05) is 72.8 Å². The Morgan fingerprint density at radius 3 is 0.944 bits per heavy atom. The molecule has 0 heterocycles. The summed E-state index contributed by atoms with van der Waals surface area (Å²) in [5.41, 5.74) is 3.98. The molecule has 9 nitrogen and oxygen atoms in total. The molecule has 0 bridgehead atoms. The highest BCUT2D eigenvalue weighted by molar-refractivity contribution is 7.43. The van der Waals surface area contributed by atoms with E-state index in [1.807, 2.05) is 125 Å². The molecule has 6 aromatic rings. The molecule has 0 atom stereocenters. The monoisotopic (exact) mass is 762 g/mol. The maximum absolute atomic E-state index is 14.7. The molecular weight excluding hydrogens is 722 g/mol. The van der Waals surface area contributed by atoms with Crippen LogP contribution in [0.25, 0.3) is 0 Å². The van der Waals surface area contributed by atoms with Crippen molar-refractivity contribution in [2.75, 3.05) is 14.2 Å². The van der Waals surface area contributed by atoms with Crippen LogP contribution in [-0.4, -0.2) is 20.0 Å². The first-order valence-corrected chi connectivity index (χ1v) is 19.2. The molecule has 0 saturated carbocycles. The normalized spacial score (nSPS) is 10.8. The van der Waals surface area contributed by atoms with Gasteiger partial charge in [-0.2, -0.15) is 0 Å². The first-order chi connectivity index (χ1) is 26.2. The van der Waals surface area contributed by atoms with Crippen LogP contribution in [0.4, 0.5) is 0 Å². The molecule has 54 heavy (non-hydrogen) atoms. The highest BCUT2D eigenvalue weighted by Gasteiger charge is 2.29. The van der Waals surface area contributed by atoms with E-state index in [9.17, 15) is 4.79 Å². The second-order valence-corrected chi connectivity index (χ2v) is 14.1. The third kappa shape index (κ3) is 9.42. The fraction of sp³-hybridized carbons (Fsp3) is 0.140. The van der Waals surface area contributed by atoms with E-state index in [1.165, 1.54) is 14.2 Å². The third-order valence-corrected chi connectivity index (χ3v) is 10.4. The number of hydrogen-bond donors (Lipinski definition) is 0. The molecule has 0 aliphatic heterocycles. The lowest BCUT2D eigenvalue weighted by molar-refractivity contribution is 0.103. The topological polar surface area (TPSA) is 90.9 Å². The van der Waals surface area contributed by atoms with Gasteiger partial charge in [-0.25, -0.2) is 0 Å². The van der Waals surface area contributed by atoms with Gasteiger partial charge in [0.25, 0.3) is 0 Å². The zero-order valence-electron chi connectivity index (χ0n) is 30.8. The van der Waals surface area contributed by atoms with Gasteiger partial charge in [0.2, 0.25) is 5.78 Å². The Kier molecular flexibility index (Phi) is 12.6. The van der Waals surface area contributed by atoms with E-state index < -0.39 is 23.0 Å². The van der Waals surface area contributed by atoms with Crippen LogP contribution < -0.4 is 36.6 Å². The molecule has 0 radical (unpaired) electrons. The van der Waals surface area contributed by atoms with Crippen LogP contribution in [0, 0.1) is 27.7 Å². The van der Waals surface area contributed by atoms with Gasteiger partial charge < -0.3 is 36.6 Å². The highest BCUT2D eigenvalue weighted by Crippen LogP contribution is 2.48. The molecule has 6 aromatic carbocycles. The number of aryl methyl sites for hydroxylation is 4. The van der Waals surface area contributed by atoms with Gasteiger partial charge in [0.1, 0.15) is 46.0 Å². The third-order valence-electron chi connectivity index (χ3n) is 8.28. The average Bonchev–Trinajstić information content (AvgIpc) is 3.18. The second kappa shape index (κ2) is 17.8. The van der Waals surface area contributed by atoms with Crippen LogP contribution in [0.3, 0.4) is 0 Å². The molecule has 0 aliphatic rings. The number of ether oxygens (including phenoxy) is 2. The Morgan fingerprint density at radius 2 is 0.667 bits per heavy atom. The zero-order valence-corrected chi connectivity index (χ0v) is 32.6. The molecule has 0 aromatic heterocycles. The summed E-state index contributed by atoms with van der Waals surface area (Å²) in [5.74, 6) is 3.21. The fourth-order valence-electron chi connectivity index (χ4n) is 5.16. The lowest BCUT2D eigenvalue weighted by atomic mass is 10.0. The van der Waals surface area contributed by atoms with Gasteiger partial charge in [-0.15, -0.1) is 0 Å². The number of carbonyl (C=O) groups is 1. The molecule has 6 rings (SSSR count). The second-order valence-electron chi connectivity index (χ2n) is 12.1. The van der Waals surface area contributed by atoms with Crippen molar-refractivity contribution >= 4 is 23.0 Å². The molecule has 0 N–H and O–H groups in total. The highest BCUT2D eigenvalue weighted by atomic mass is 31.2. The van der Waals surface area contributed by atoms with E-state index >= 15 is 0 Å². The van der Waals surface area contributed by atoms with Crippen LogP contribution in [-0.2, 0) is 0 Å². The SMILES string of the molecule is COc1ccc(C(=O)c2ccc(OC)cc2OP(Oc2ccccc2C)Oc2ccccc2C)c(OP(Oc2ccccc2C)Oc2ccccc2C)c1. The summed E-state index contributed by atoms with van der Waals surface area (Å²) in [6.07, 6.45) is 0. The van der Waals surface area contributed by atoms with Crippen LogP contribution in [0.2, 0.25) is 0 Å². The Morgan fingerprint density at radius 1 is 0.389 bits per heavy atom. The van der Waals surface area contributed by atoms with E-state index in [0.29, 0.717) is 34.5 Å². The Labute approximate surface area is 318 Å². The Balaban J connectivity index is 1.38. The number of benzene rings is 6. The van der Waals surface area contributed by atoms with Crippen molar-refractivity contribution in [3.05, 3.63) is 167 Å². The van der Waals surface area contributed by atoms with E-state index in [-0.39, 0.29) is 22.6 Å². The summed E-state index contributed by atoms with van der Waals surface area (Å²) >= 11 is 0. The standard InChI is InChI=1S/C43H40O9P2/c1-29-15-7-11-19-37(29)47-53(48-38-20-12-8-16-30(38)2)51-41-27-33(45-5)23-25-35(41)43(44)36-26-24-34(46-6)28-42(36)52-54(49-39-21-13-9-17-31(39)3)50-40-22-14-10-18-32(40)4/h7-28H,1-6H3. The molecule has 0 fully saturated rings. The minimum Gasteiger partial charge on any atom is -0.497 e. The number of ketones is 1. The predicted octanol–water partition coefficient (Wildman–Crippen LogP) is 11.7. The van der Waals surface area contributed by atoms with Crippen molar-refractivity contribution in [1.82, 2.24) is 0 Å². The molecule has 0 spiro atoms. The Hall–Kier alpha value is -5.75. The van der Waals surface area contributed by atoms with Gasteiger partial charge in [-0.3, -0.25) is 4.79 Å². The molecule has 0 aliphatic carbocycles. The van der Waals surface area contributed by atoms with E-state index in [4.69, 9.17) is 36.6 Å². The van der Waals surface area contributed by atoms with E-state index in [2.05, 4.69) is 0 Å². The first kappa shape index (κ1) is 38.0. The number of carbonyl (C=O) groups excluding carboxylic acids is 1. The largest absolute Gasteiger partial charge is 0.530 e. The van der Waals surface area contributed by atoms with Gasteiger partial charge in [-0.05, 0) is 98.5 Å². The molecule has 11 heteroatoms. The molecule has 0 saturated heterocycles. The summed E-state index contributed by atoms with van der Waals surface area (Å²) in [6, 6.07) is 40.2. The maximum Gasteiger partial charge on any atom is 0.530 e. The van der Waals surface area contributed by atoms with Crippen LogP contribution >= 0.6 is 17.2 Å². The Bertz CT molecular complexity index is 1970. The summed E-state index contributed by atoms with van der Waals surface area (Å²) in [6.45, 7) is 7.73. The minimum atomic E-state index is -2.14. The van der Waals surface area contributed by atoms with Crippen molar-refractivity contribution in [2.24, 2.45) is 0 Å². The van der Waals surface area contributed by atoms with Gasteiger partial charge >= 0.3 is 17.2 Å². The van der Waals surface area contributed by atoms with E-state index in [1.54, 1.807) is 36.4 Å². The lowest BCUT2D eigenvalue weighted by Crippen LogP contribution is -2.10. The fourth-order valence-corrected chi connectivity index (χ4v) is 7.47. The van der Waals surface area contributed by atoms with Crippen molar-refractivity contribution in [3.8, 4) is 46.0 Å². The number of rotatable bonds is 16. The lowest BCUT2D eigenvalue weighted by Gasteiger charge is -2.22. The van der Waals surface area contributed by atoms with Gasteiger partial charge in [0.05, 0.1) is 25.3 Å². The number of hydrogen-bond acceptors (Lipinski definition) is 9. The minimum absolute atomic E-state index is 0.184. The van der Waals surface area contributed by atoms with Crippen molar-refractivity contribution in [3.63, 3.8) is 0 Å². The van der Waals surface area contributed by atoms with Crippen LogP contribution in [0.1, 0.15) is 38.2 Å². The smallest absolute Gasteiger partial charge is 0.497 e. The van der Waals surface area contributed by atoms with Crippen molar-refractivity contribution in [2.45, 2.75) is 27.7 Å². The molecule has 276 valence electrons. The van der Waals surface area contributed by atoms with Crippen LogP contribution in [0.5, 0.6) is 46.0 Å². The maximum atomic E-state index is 14.7. The molecule has 0 amide bonds. The summed E-state index contributed by atoms with van der Waals surface area (Å²) < 4.78 is 49.6. The number of methoxy groups -OCH3 is 2. The average molecular weight is 763 g/mol.